The molecule has 2 aromatic rings. The summed E-state index contributed by atoms with van der Waals surface area (Å²) in [5, 5.41) is 10.8. The van der Waals surface area contributed by atoms with Gasteiger partial charge in [-0.25, -0.2) is 4.79 Å². The molecule has 1 aliphatic heterocycles. The number of carbonyl (C=O) groups is 1. The Bertz CT molecular complexity index is 935. The number of unbranched alkanes of at least 4 members (excludes halogenated alkanes) is 4. The fraction of sp³-hybridized carbons (Fsp3) is 0.464. The van der Waals surface area contributed by atoms with Crippen LogP contribution in [0.25, 0.3) is 0 Å². The molecule has 1 N–H and O–H groups in total. The maximum atomic E-state index is 12.8. The van der Waals surface area contributed by atoms with E-state index in [0.717, 1.165) is 36.1 Å². The van der Waals surface area contributed by atoms with Gasteiger partial charge in [0.25, 0.3) is 0 Å². The fourth-order valence-corrected chi connectivity index (χ4v) is 3.92. The first-order valence-electron chi connectivity index (χ1n) is 12.0. The van der Waals surface area contributed by atoms with Gasteiger partial charge in [0.2, 0.25) is 0 Å². The number of benzene rings is 2. The van der Waals surface area contributed by atoms with Gasteiger partial charge in [-0.2, -0.15) is 0 Å². The lowest BCUT2D eigenvalue weighted by Crippen LogP contribution is -2.44. The first-order chi connectivity index (χ1) is 16.6. The second-order valence-corrected chi connectivity index (χ2v) is 8.47. The van der Waals surface area contributed by atoms with E-state index in [-0.39, 0.29) is 6.61 Å². The van der Waals surface area contributed by atoms with Gasteiger partial charge in [0.1, 0.15) is 5.75 Å². The quantitative estimate of drug-likeness (QED) is 0.355. The van der Waals surface area contributed by atoms with Gasteiger partial charge in [0.05, 0.1) is 26.4 Å². The molecule has 0 unspecified atom stereocenters. The molecule has 3 rings (SSSR count). The summed E-state index contributed by atoms with van der Waals surface area (Å²) in [6.07, 6.45) is 2.90. The average Bonchev–Trinajstić information content (AvgIpc) is 3.17. The van der Waals surface area contributed by atoms with Crippen molar-refractivity contribution < 1.29 is 24.1 Å². The van der Waals surface area contributed by atoms with Gasteiger partial charge >= 0.3 is 6.09 Å². The van der Waals surface area contributed by atoms with Crippen molar-refractivity contribution >= 4 is 6.09 Å². The number of ether oxygens (including phenoxy) is 3. The highest BCUT2D eigenvalue weighted by Crippen LogP contribution is 2.26. The Morgan fingerprint density at radius 1 is 1.06 bits per heavy atom. The number of methoxy groups -OCH3 is 1. The van der Waals surface area contributed by atoms with Crippen molar-refractivity contribution in [2.24, 2.45) is 0 Å². The van der Waals surface area contributed by atoms with Crippen LogP contribution in [0.5, 0.6) is 5.75 Å². The molecule has 0 spiro atoms. The minimum Gasteiger partial charge on any atom is -0.497 e. The fourth-order valence-electron chi connectivity index (χ4n) is 3.92. The van der Waals surface area contributed by atoms with E-state index in [1.807, 2.05) is 54.6 Å². The van der Waals surface area contributed by atoms with E-state index < -0.39 is 24.3 Å². The molecule has 0 aliphatic carbocycles. The zero-order valence-electron chi connectivity index (χ0n) is 20.1. The second kappa shape index (κ2) is 13.6. The highest BCUT2D eigenvalue weighted by Gasteiger charge is 2.45. The number of cyclic esters (lactones) is 1. The number of aliphatic hydroxyl groups excluding tert-OH is 1. The minimum absolute atomic E-state index is 0.233. The molecule has 1 amide bonds. The normalized spacial score (nSPS) is 18.2. The largest absolute Gasteiger partial charge is 0.497 e. The van der Waals surface area contributed by atoms with E-state index in [4.69, 9.17) is 14.2 Å². The van der Waals surface area contributed by atoms with Gasteiger partial charge in [-0.1, -0.05) is 74.6 Å². The summed E-state index contributed by atoms with van der Waals surface area (Å²) < 4.78 is 16.8. The molecule has 2 aromatic carbocycles. The van der Waals surface area contributed by atoms with Crippen molar-refractivity contribution in [1.82, 2.24) is 4.90 Å². The van der Waals surface area contributed by atoms with Gasteiger partial charge in [-0.05, 0) is 29.7 Å². The first-order valence-corrected chi connectivity index (χ1v) is 12.0. The van der Waals surface area contributed by atoms with Gasteiger partial charge in [0.15, 0.2) is 12.2 Å². The van der Waals surface area contributed by atoms with Crippen molar-refractivity contribution in [3.8, 4) is 17.6 Å². The van der Waals surface area contributed by atoms with Crippen LogP contribution in [0.15, 0.2) is 54.6 Å². The molecule has 1 saturated heterocycles. The Kier molecular flexibility index (Phi) is 10.3. The third-order valence-electron chi connectivity index (χ3n) is 5.88. The number of amides is 1. The highest BCUT2D eigenvalue weighted by molar-refractivity contribution is 5.71. The van der Waals surface area contributed by atoms with Crippen molar-refractivity contribution in [3.05, 3.63) is 65.7 Å². The van der Waals surface area contributed by atoms with Gasteiger partial charge in [-0.15, -0.1) is 5.92 Å². The third kappa shape index (κ3) is 7.51. The predicted molar refractivity (Wildman–Crippen MR) is 131 cm³/mol. The molecule has 0 bridgehead atoms. The molecular formula is C28H35NO5. The zero-order valence-corrected chi connectivity index (χ0v) is 20.1. The lowest BCUT2D eigenvalue weighted by molar-refractivity contribution is 0.0123. The van der Waals surface area contributed by atoms with Crippen LogP contribution in [0.4, 0.5) is 4.79 Å². The van der Waals surface area contributed by atoms with E-state index in [9.17, 15) is 9.90 Å². The standard InChI is InChI=1S/C28H35NO5/c1-3-4-5-6-7-11-14-26(30)27-25(21-33-20-23-12-9-8-10-13-23)29(28(31)34-27)19-22-15-17-24(32-2)18-16-22/h8-10,12-13,15-18,25-27,30H,3-7,19-21H2,1-2H3/t25-,26+,27-/m0/s1. The summed E-state index contributed by atoms with van der Waals surface area (Å²) in [5.74, 6) is 6.69. The lowest BCUT2D eigenvalue weighted by Gasteiger charge is -2.25. The summed E-state index contributed by atoms with van der Waals surface area (Å²) in [6, 6.07) is 16.9. The van der Waals surface area contributed by atoms with E-state index in [2.05, 4.69) is 18.8 Å². The van der Waals surface area contributed by atoms with Crippen LogP contribution in [0.3, 0.4) is 0 Å². The third-order valence-corrected chi connectivity index (χ3v) is 5.88. The molecule has 0 radical (unpaired) electrons. The Morgan fingerprint density at radius 2 is 1.82 bits per heavy atom. The molecule has 0 saturated carbocycles. The topological polar surface area (TPSA) is 68.2 Å². The SMILES string of the molecule is CCCCCCC#C[C@@H](O)[C@H]1OC(=O)N(Cc2ccc(OC)cc2)[C@H]1COCc1ccccc1. The van der Waals surface area contributed by atoms with Crippen LogP contribution in [0.2, 0.25) is 0 Å². The van der Waals surface area contributed by atoms with Crippen molar-refractivity contribution in [3.63, 3.8) is 0 Å². The molecular weight excluding hydrogens is 430 g/mol. The summed E-state index contributed by atoms with van der Waals surface area (Å²) in [7, 11) is 1.61. The van der Waals surface area contributed by atoms with Gasteiger partial charge in [0, 0.05) is 13.0 Å². The Balaban J connectivity index is 1.68. The highest BCUT2D eigenvalue weighted by atomic mass is 16.6. The minimum atomic E-state index is -1.07. The number of aliphatic hydroxyl groups is 1. The summed E-state index contributed by atoms with van der Waals surface area (Å²) >= 11 is 0. The number of hydrogen-bond donors (Lipinski definition) is 1. The van der Waals surface area contributed by atoms with Crippen molar-refractivity contribution in [2.45, 2.75) is 70.4 Å². The smallest absolute Gasteiger partial charge is 0.411 e. The summed E-state index contributed by atoms with van der Waals surface area (Å²) in [4.78, 5) is 14.4. The molecule has 182 valence electrons. The lowest BCUT2D eigenvalue weighted by atomic mass is 10.0. The van der Waals surface area contributed by atoms with Crippen LogP contribution >= 0.6 is 0 Å². The van der Waals surface area contributed by atoms with E-state index >= 15 is 0 Å². The maximum absolute atomic E-state index is 12.8. The predicted octanol–water partition coefficient (Wildman–Crippen LogP) is 4.94. The Labute approximate surface area is 202 Å². The van der Waals surface area contributed by atoms with Crippen LogP contribution in [0, 0.1) is 11.8 Å². The van der Waals surface area contributed by atoms with Crippen molar-refractivity contribution in [1.29, 1.82) is 0 Å². The molecule has 1 aliphatic rings. The Morgan fingerprint density at radius 3 is 2.53 bits per heavy atom. The molecule has 3 atom stereocenters. The van der Waals surface area contributed by atoms with Crippen molar-refractivity contribution in [2.75, 3.05) is 13.7 Å². The number of carbonyl (C=O) groups excluding carboxylic acids is 1. The molecule has 1 fully saturated rings. The first kappa shape index (κ1) is 25.6. The van der Waals surface area contributed by atoms with E-state index in [0.29, 0.717) is 13.2 Å². The van der Waals surface area contributed by atoms with Gasteiger partial charge in [-0.3, -0.25) is 4.90 Å². The second-order valence-electron chi connectivity index (χ2n) is 8.47. The van der Waals surface area contributed by atoms with Crippen LogP contribution in [-0.2, 0) is 22.6 Å². The monoisotopic (exact) mass is 465 g/mol. The van der Waals surface area contributed by atoms with Gasteiger partial charge < -0.3 is 19.3 Å². The van der Waals surface area contributed by atoms with Crippen LogP contribution in [0.1, 0.15) is 50.2 Å². The summed E-state index contributed by atoms with van der Waals surface area (Å²) in [6.45, 7) is 3.15. The number of rotatable bonds is 12. The molecule has 34 heavy (non-hydrogen) atoms. The molecule has 6 nitrogen and oxygen atoms in total. The summed E-state index contributed by atoms with van der Waals surface area (Å²) in [5.41, 5.74) is 1.97. The van der Waals surface area contributed by atoms with E-state index in [1.54, 1.807) is 12.0 Å². The van der Waals surface area contributed by atoms with E-state index in [1.165, 1.54) is 12.8 Å². The number of nitrogens with zero attached hydrogens (tertiary/aromatic N) is 1. The van der Waals surface area contributed by atoms with Crippen LogP contribution < -0.4 is 4.74 Å². The molecule has 6 heteroatoms. The van der Waals surface area contributed by atoms with Crippen LogP contribution in [-0.4, -0.2) is 48.1 Å². The maximum Gasteiger partial charge on any atom is 0.411 e. The zero-order chi connectivity index (χ0) is 24.2. The number of hydrogen-bond acceptors (Lipinski definition) is 5. The molecule has 1 heterocycles. The average molecular weight is 466 g/mol. The molecule has 0 aromatic heterocycles. The Hall–Kier alpha value is -3.01.